The minimum Gasteiger partial charge on any atom is -0.466 e. The molecule has 0 radical (unpaired) electrons. The Kier molecular flexibility index (Phi) is 6.95. The number of esters is 1. The monoisotopic (exact) mass is 462 g/mol. The first kappa shape index (κ1) is 23.5. The zero-order valence-electron chi connectivity index (χ0n) is 19.8. The Bertz CT molecular complexity index is 1260. The minimum atomic E-state index is -0.475. The summed E-state index contributed by atoms with van der Waals surface area (Å²) in [7, 11) is 0. The minimum absolute atomic E-state index is 0.128. The fraction of sp³-hybridized carbons (Fsp3) is 0.385. The normalized spacial score (nSPS) is 14.3. The molecule has 1 amide bonds. The van der Waals surface area contributed by atoms with E-state index in [0.717, 1.165) is 16.5 Å². The van der Waals surface area contributed by atoms with Gasteiger partial charge >= 0.3 is 11.7 Å². The lowest BCUT2D eigenvalue weighted by molar-refractivity contribution is -0.148. The molecule has 178 valence electrons. The zero-order chi connectivity index (χ0) is 24.2. The van der Waals surface area contributed by atoms with Crippen molar-refractivity contribution < 1.29 is 14.3 Å². The van der Waals surface area contributed by atoms with E-state index >= 15 is 0 Å². The van der Waals surface area contributed by atoms with Crippen molar-refractivity contribution in [3.63, 3.8) is 0 Å². The molecule has 1 aromatic heterocycles. The van der Waals surface area contributed by atoms with E-state index in [1.54, 1.807) is 6.92 Å². The molecule has 0 saturated carbocycles. The van der Waals surface area contributed by atoms with Gasteiger partial charge in [0.15, 0.2) is 0 Å². The van der Waals surface area contributed by atoms with Gasteiger partial charge in [-0.15, -0.1) is 0 Å². The maximum atomic E-state index is 13.0. The molecule has 3 aromatic rings. The standard InChI is InChI=1S/C26H30N4O4/c1-4-34-25(32)19-9-11-29(12-10-19)24-21-7-5-6-8-22(21)30(26(33)28-24)16-23(31)27-20-14-17(2)13-18(3)15-20/h5-8,13-15,19H,4,9-12,16H2,1-3H3,(H,27,31). The average molecular weight is 463 g/mol. The van der Waals surface area contributed by atoms with Crippen LogP contribution in [-0.2, 0) is 20.9 Å². The first-order valence-electron chi connectivity index (χ1n) is 11.6. The summed E-state index contributed by atoms with van der Waals surface area (Å²) in [5, 5.41) is 3.69. The van der Waals surface area contributed by atoms with E-state index in [0.29, 0.717) is 49.6 Å². The van der Waals surface area contributed by atoms with Gasteiger partial charge in [-0.3, -0.25) is 14.2 Å². The van der Waals surface area contributed by atoms with Crippen molar-refractivity contribution in [2.75, 3.05) is 29.9 Å². The fourth-order valence-electron chi connectivity index (χ4n) is 4.58. The second-order valence-corrected chi connectivity index (χ2v) is 8.76. The topological polar surface area (TPSA) is 93.5 Å². The van der Waals surface area contributed by atoms with Crippen LogP contribution in [0.15, 0.2) is 47.3 Å². The third-order valence-electron chi connectivity index (χ3n) is 6.09. The molecular weight excluding hydrogens is 432 g/mol. The molecule has 2 heterocycles. The third kappa shape index (κ3) is 5.11. The van der Waals surface area contributed by atoms with Crippen LogP contribution in [0.3, 0.4) is 0 Å². The predicted molar refractivity (Wildman–Crippen MR) is 132 cm³/mol. The molecule has 1 fully saturated rings. The average Bonchev–Trinajstić information content (AvgIpc) is 2.80. The summed E-state index contributed by atoms with van der Waals surface area (Å²) in [6, 6.07) is 13.3. The Morgan fingerprint density at radius 2 is 1.76 bits per heavy atom. The number of carbonyl (C=O) groups excluding carboxylic acids is 2. The molecule has 4 rings (SSSR count). The molecule has 0 bridgehead atoms. The largest absolute Gasteiger partial charge is 0.466 e. The van der Waals surface area contributed by atoms with E-state index in [1.165, 1.54) is 4.57 Å². The van der Waals surface area contributed by atoms with Crippen LogP contribution in [-0.4, -0.2) is 41.1 Å². The van der Waals surface area contributed by atoms with E-state index < -0.39 is 5.69 Å². The van der Waals surface area contributed by atoms with Crippen molar-refractivity contribution in [1.82, 2.24) is 9.55 Å². The maximum Gasteiger partial charge on any atom is 0.350 e. The summed E-state index contributed by atoms with van der Waals surface area (Å²) < 4.78 is 6.56. The Labute approximate surface area is 198 Å². The van der Waals surface area contributed by atoms with Gasteiger partial charge in [-0.1, -0.05) is 18.2 Å². The molecule has 0 unspecified atom stereocenters. The highest BCUT2D eigenvalue weighted by Gasteiger charge is 2.28. The number of ether oxygens (including phenoxy) is 1. The number of nitrogens with zero attached hydrogens (tertiary/aromatic N) is 3. The lowest BCUT2D eigenvalue weighted by atomic mass is 9.97. The summed E-state index contributed by atoms with van der Waals surface area (Å²) in [5.74, 6) is 0.0120. The van der Waals surface area contributed by atoms with Crippen molar-refractivity contribution in [1.29, 1.82) is 0 Å². The molecule has 1 aliphatic heterocycles. The summed E-state index contributed by atoms with van der Waals surface area (Å²) in [4.78, 5) is 44.3. The van der Waals surface area contributed by atoms with Gasteiger partial charge in [-0.25, -0.2) is 4.79 Å². The van der Waals surface area contributed by atoms with Crippen LogP contribution in [0.1, 0.15) is 30.9 Å². The Morgan fingerprint density at radius 1 is 1.09 bits per heavy atom. The highest BCUT2D eigenvalue weighted by Crippen LogP contribution is 2.28. The molecule has 2 aromatic carbocycles. The number of amides is 1. The van der Waals surface area contributed by atoms with Gasteiger partial charge in [-0.2, -0.15) is 4.98 Å². The lowest BCUT2D eigenvalue weighted by Gasteiger charge is -2.32. The molecule has 34 heavy (non-hydrogen) atoms. The molecule has 1 saturated heterocycles. The van der Waals surface area contributed by atoms with Crippen LogP contribution in [0, 0.1) is 19.8 Å². The van der Waals surface area contributed by atoms with E-state index in [4.69, 9.17) is 4.74 Å². The number of carbonyl (C=O) groups is 2. The van der Waals surface area contributed by atoms with Gasteiger partial charge in [0, 0.05) is 24.2 Å². The number of para-hydroxylation sites is 1. The summed E-state index contributed by atoms with van der Waals surface area (Å²) in [5.41, 5.74) is 2.98. The van der Waals surface area contributed by atoms with E-state index in [1.807, 2.05) is 61.2 Å². The summed E-state index contributed by atoms with van der Waals surface area (Å²) in [6.45, 7) is 7.21. The number of fused-ring (bicyclic) bond motifs is 1. The number of piperidine rings is 1. The van der Waals surface area contributed by atoms with Crippen molar-refractivity contribution in [3.8, 4) is 0 Å². The Morgan fingerprint density at radius 3 is 2.44 bits per heavy atom. The number of aromatic nitrogens is 2. The van der Waals surface area contributed by atoms with Crippen LogP contribution in [0.4, 0.5) is 11.5 Å². The number of hydrogen-bond donors (Lipinski definition) is 1. The fourth-order valence-corrected chi connectivity index (χ4v) is 4.58. The lowest BCUT2D eigenvalue weighted by Crippen LogP contribution is -2.39. The quantitative estimate of drug-likeness (QED) is 0.564. The molecule has 0 atom stereocenters. The van der Waals surface area contributed by atoms with Crippen LogP contribution in [0.5, 0.6) is 0 Å². The SMILES string of the molecule is CCOC(=O)C1CCN(c2nc(=O)n(CC(=O)Nc3cc(C)cc(C)c3)c3ccccc23)CC1. The van der Waals surface area contributed by atoms with Crippen molar-refractivity contribution in [3.05, 3.63) is 64.1 Å². The van der Waals surface area contributed by atoms with Gasteiger partial charge in [0.1, 0.15) is 12.4 Å². The summed E-state index contributed by atoms with van der Waals surface area (Å²) in [6.07, 6.45) is 1.30. The second kappa shape index (κ2) is 10.1. The second-order valence-electron chi connectivity index (χ2n) is 8.76. The van der Waals surface area contributed by atoms with Gasteiger partial charge in [-0.05, 0) is 69.0 Å². The van der Waals surface area contributed by atoms with Crippen molar-refractivity contribution >= 4 is 34.3 Å². The van der Waals surface area contributed by atoms with Gasteiger partial charge in [0.2, 0.25) is 5.91 Å². The number of anilines is 2. The first-order valence-corrected chi connectivity index (χ1v) is 11.6. The number of rotatable bonds is 6. The van der Waals surface area contributed by atoms with Gasteiger partial charge in [0.25, 0.3) is 0 Å². The predicted octanol–water partition coefficient (Wildman–Crippen LogP) is 3.43. The Balaban J connectivity index is 1.57. The van der Waals surface area contributed by atoms with Gasteiger partial charge in [0.05, 0.1) is 18.0 Å². The van der Waals surface area contributed by atoms with Crippen LogP contribution in [0.2, 0.25) is 0 Å². The van der Waals surface area contributed by atoms with Crippen LogP contribution in [0.25, 0.3) is 10.9 Å². The van der Waals surface area contributed by atoms with Crippen molar-refractivity contribution in [2.45, 2.75) is 40.2 Å². The maximum absolute atomic E-state index is 13.0. The van der Waals surface area contributed by atoms with Gasteiger partial charge < -0.3 is 15.0 Å². The highest BCUT2D eigenvalue weighted by atomic mass is 16.5. The molecule has 0 spiro atoms. The first-order chi connectivity index (χ1) is 16.4. The molecular formula is C26H30N4O4. The molecule has 1 aliphatic rings. The smallest absolute Gasteiger partial charge is 0.350 e. The molecule has 0 aliphatic carbocycles. The zero-order valence-corrected chi connectivity index (χ0v) is 19.8. The van der Waals surface area contributed by atoms with E-state index in [-0.39, 0.29) is 24.3 Å². The Hall–Kier alpha value is -3.68. The highest BCUT2D eigenvalue weighted by molar-refractivity contribution is 5.94. The van der Waals surface area contributed by atoms with Crippen molar-refractivity contribution in [2.24, 2.45) is 5.92 Å². The number of hydrogen-bond acceptors (Lipinski definition) is 6. The third-order valence-corrected chi connectivity index (χ3v) is 6.09. The number of nitrogens with one attached hydrogen (secondary N) is 1. The molecule has 8 heteroatoms. The molecule has 8 nitrogen and oxygen atoms in total. The molecule has 1 N–H and O–H groups in total. The number of benzene rings is 2. The van der Waals surface area contributed by atoms with E-state index in [9.17, 15) is 14.4 Å². The van der Waals surface area contributed by atoms with E-state index in [2.05, 4.69) is 10.3 Å². The summed E-state index contributed by atoms with van der Waals surface area (Å²) >= 11 is 0. The van der Waals surface area contributed by atoms with Crippen LogP contribution >= 0.6 is 0 Å². The number of aryl methyl sites for hydroxylation is 2. The van der Waals surface area contributed by atoms with Crippen LogP contribution < -0.4 is 15.9 Å².